The van der Waals surface area contributed by atoms with Crippen molar-refractivity contribution >= 4 is 40.7 Å². The second-order valence-electron chi connectivity index (χ2n) is 11.2. The molecule has 0 saturated heterocycles. The maximum Gasteiger partial charge on any atom is 0.255 e. The molecule has 274 valence electrons. The average Bonchev–Trinajstić information content (AvgIpc) is 3.64. The molecule has 2 aromatic carbocycles. The third kappa shape index (κ3) is 14.2. The second kappa shape index (κ2) is 23.2. The summed E-state index contributed by atoms with van der Waals surface area (Å²) in [6, 6.07) is 13.3. The number of rotatable bonds is 8. The molecule has 1 aliphatic carbocycles. The lowest BCUT2D eigenvalue weighted by Crippen LogP contribution is -2.23. The molecule has 51 heavy (non-hydrogen) atoms. The summed E-state index contributed by atoms with van der Waals surface area (Å²) in [7, 11) is 1.55. The van der Waals surface area contributed by atoms with Gasteiger partial charge in [-0.05, 0) is 63.8 Å². The van der Waals surface area contributed by atoms with Crippen LogP contribution in [0, 0.1) is 26.2 Å². The van der Waals surface area contributed by atoms with Crippen LogP contribution in [0.4, 0.5) is 17.5 Å². The van der Waals surface area contributed by atoms with E-state index in [1.54, 1.807) is 20.1 Å². The van der Waals surface area contributed by atoms with Crippen LogP contribution < -0.4 is 26.8 Å². The average molecular weight is 716 g/mol. The minimum Gasteiger partial charge on any atom is -0.496 e. The lowest BCUT2D eigenvalue weighted by Gasteiger charge is -2.17. The van der Waals surface area contributed by atoms with Gasteiger partial charge in [0.2, 0.25) is 0 Å². The zero-order valence-electron chi connectivity index (χ0n) is 31.1. The van der Waals surface area contributed by atoms with E-state index in [1.807, 2.05) is 71.0 Å². The van der Waals surface area contributed by atoms with Crippen LogP contribution in [0.1, 0.15) is 90.3 Å². The fraction of sp³-hybridized carbons (Fsp3) is 0.333. The number of nitrogen functional groups attached to an aromatic ring is 2. The molecule has 4 aromatic rings. The van der Waals surface area contributed by atoms with Crippen LogP contribution in [0.3, 0.4) is 0 Å². The zero-order chi connectivity index (χ0) is 38.5. The molecule has 0 unspecified atom stereocenters. The van der Waals surface area contributed by atoms with Gasteiger partial charge in [0.15, 0.2) is 0 Å². The molecule has 12 heteroatoms. The zero-order valence-corrected chi connectivity index (χ0v) is 31.8. The van der Waals surface area contributed by atoms with Crippen molar-refractivity contribution in [2.45, 2.75) is 79.8 Å². The van der Waals surface area contributed by atoms with Gasteiger partial charge in [-0.15, -0.1) is 13.2 Å². The Morgan fingerprint density at radius 3 is 2.08 bits per heavy atom. The lowest BCUT2D eigenvalue weighted by atomic mass is 10.0. The highest BCUT2D eigenvalue weighted by molar-refractivity contribution is 6.28. The number of nitrogens with two attached hydrogens (primary N) is 2. The van der Waals surface area contributed by atoms with E-state index < -0.39 is 0 Å². The van der Waals surface area contributed by atoms with Crippen molar-refractivity contribution in [2.24, 2.45) is 0 Å². The van der Waals surface area contributed by atoms with Gasteiger partial charge < -0.3 is 26.8 Å². The summed E-state index contributed by atoms with van der Waals surface area (Å²) in [5.74, 6) is 1.80. The maximum absolute atomic E-state index is 12.6. The van der Waals surface area contributed by atoms with E-state index in [4.69, 9.17) is 33.2 Å². The number of ether oxygens (including phenoxy) is 1. The van der Waals surface area contributed by atoms with E-state index in [1.165, 1.54) is 25.5 Å². The molecular weight excluding hydrogens is 662 g/mol. The minimum absolute atomic E-state index is 0.203. The van der Waals surface area contributed by atoms with Crippen LogP contribution in [0.15, 0.2) is 79.9 Å². The number of anilines is 3. The Balaban J connectivity index is 0.000000636. The van der Waals surface area contributed by atoms with Crippen LogP contribution in [-0.2, 0) is 6.54 Å². The van der Waals surface area contributed by atoms with Gasteiger partial charge in [0.05, 0.1) is 23.9 Å². The monoisotopic (exact) mass is 715 g/mol. The van der Waals surface area contributed by atoms with E-state index >= 15 is 0 Å². The predicted octanol–water partition coefficient (Wildman–Crippen LogP) is 8.34. The van der Waals surface area contributed by atoms with Crippen molar-refractivity contribution in [3.05, 3.63) is 119 Å². The molecule has 5 rings (SSSR count). The highest BCUT2D eigenvalue weighted by atomic mass is 35.5. The highest BCUT2D eigenvalue weighted by Crippen LogP contribution is 2.27. The fourth-order valence-corrected chi connectivity index (χ4v) is 4.77. The molecule has 1 fully saturated rings. The van der Waals surface area contributed by atoms with Crippen LogP contribution in [0.5, 0.6) is 5.75 Å². The molecule has 0 bridgehead atoms. The lowest BCUT2D eigenvalue weighted by molar-refractivity contribution is 0.0948. The number of carbonyl (C=O) groups excluding carboxylic acids is 1. The number of aryl methyl sites for hydroxylation is 2. The summed E-state index contributed by atoms with van der Waals surface area (Å²) in [6.45, 7) is 21.2. The number of nitrogens with zero attached hydrogens (tertiary/aromatic N) is 4. The van der Waals surface area contributed by atoms with E-state index in [2.05, 4.69) is 50.3 Å². The molecular formula is C39H54ClN9O2. The Kier molecular flexibility index (Phi) is 19.9. The third-order valence-corrected chi connectivity index (χ3v) is 7.50. The van der Waals surface area contributed by atoms with Gasteiger partial charge >= 0.3 is 0 Å². The van der Waals surface area contributed by atoms with Crippen molar-refractivity contribution in [2.75, 3.05) is 23.9 Å². The number of amides is 1. The van der Waals surface area contributed by atoms with Crippen LogP contribution >= 0.6 is 11.6 Å². The van der Waals surface area contributed by atoms with Crippen molar-refractivity contribution in [1.82, 2.24) is 25.3 Å². The number of allylic oxidation sites excluding steroid dienone is 1. The van der Waals surface area contributed by atoms with Crippen LogP contribution in [-0.4, -0.2) is 44.7 Å². The minimum atomic E-state index is -0.203. The number of aromatic nitrogens is 4. The number of halogens is 1. The molecule has 1 amide bonds. The van der Waals surface area contributed by atoms with Gasteiger partial charge in [-0.2, -0.15) is 0 Å². The normalized spacial score (nSPS) is 11.4. The Morgan fingerprint density at radius 2 is 1.53 bits per heavy atom. The molecule has 11 nitrogen and oxygen atoms in total. The number of carbonyl (C=O) groups is 1. The largest absolute Gasteiger partial charge is 0.496 e. The summed E-state index contributed by atoms with van der Waals surface area (Å²) in [5.41, 5.74) is 17.4. The Labute approximate surface area is 308 Å². The molecule has 0 spiro atoms. The summed E-state index contributed by atoms with van der Waals surface area (Å²) >= 11 is 5.08. The fourth-order valence-electron chi connectivity index (χ4n) is 4.77. The van der Waals surface area contributed by atoms with Crippen molar-refractivity contribution < 1.29 is 9.53 Å². The summed E-state index contributed by atoms with van der Waals surface area (Å²) in [5, 5.41) is 15.8. The predicted molar refractivity (Wildman–Crippen MR) is 213 cm³/mol. The molecule has 1 aliphatic rings. The van der Waals surface area contributed by atoms with E-state index in [-0.39, 0.29) is 17.4 Å². The Bertz CT molecular complexity index is 1680. The highest BCUT2D eigenvalue weighted by Gasteiger charge is 2.21. The van der Waals surface area contributed by atoms with Gasteiger partial charge in [-0.3, -0.25) is 10.2 Å². The molecule has 0 atom stereocenters. The molecule has 2 heterocycles. The standard InChI is InChI=1S/C26H30N6O2.C6H9N3.C3H5Cl.C2H6.C2H4/c1-16-7-12-20(21(13-16)34-2)26(33)29-14-17-8-10-18(11-9-17)23(27)22-24(28)30-15-31-25(22)32-19-5-3-4-6-19;1-4-5(2)8-3-9-6(4)7;1-3(2)4;2*1-2/h7-13,15,19,27H,3-6,14H2,1-2H3,(H,29,33)(H3,28,30,31,32);3H,1-2H3,(H2,7,8,9);1H2,2H3;1-2H3;1-2H2. The van der Waals surface area contributed by atoms with E-state index in [0.29, 0.717) is 51.7 Å². The molecule has 7 N–H and O–H groups in total. The van der Waals surface area contributed by atoms with Gasteiger partial charge in [-0.25, -0.2) is 19.9 Å². The van der Waals surface area contributed by atoms with E-state index in [9.17, 15) is 4.79 Å². The molecule has 0 aliphatic heterocycles. The summed E-state index contributed by atoms with van der Waals surface area (Å²) in [4.78, 5) is 28.8. The summed E-state index contributed by atoms with van der Waals surface area (Å²) < 4.78 is 5.33. The maximum atomic E-state index is 12.6. The SMILES string of the molecule is C=C.C=C(C)Cl.CC.COc1cc(C)ccc1C(=O)NCc1ccc(C(=N)c2c(N)ncnc2NC2CCCC2)cc1.Cc1ncnc(N)c1C. The molecule has 0 radical (unpaired) electrons. The summed E-state index contributed by atoms with van der Waals surface area (Å²) in [6.07, 6.45) is 7.46. The quantitative estimate of drug-likeness (QED) is 0.0886. The first kappa shape index (κ1) is 43.7. The van der Waals surface area contributed by atoms with Gasteiger partial charge in [-0.1, -0.05) is 75.2 Å². The van der Waals surface area contributed by atoms with Crippen LogP contribution in [0.25, 0.3) is 0 Å². The van der Waals surface area contributed by atoms with Gasteiger partial charge in [0.25, 0.3) is 5.91 Å². The van der Waals surface area contributed by atoms with Crippen LogP contribution in [0.2, 0.25) is 0 Å². The second-order valence-corrected chi connectivity index (χ2v) is 11.9. The van der Waals surface area contributed by atoms with Crippen molar-refractivity contribution in [3.8, 4) is 5.75 Å². The molecule has 1 saturated carbocycles. The number of nitrogens with one attached hydrogen (secondary N) is 3. The molecule has 2 aromatic heterocycles. The Hall–Kier alpha value is -5.29. The topological polar surface area (TPSA) is 178 Å². The number of methoxy groups -OCH3 is 1. The van der Waals surface area contributed by atoms with Crippen molar-refractivity contribution in [1.29, 1.82) is 5.41 Å². The first-order valence-electron chi connectivity index (χ1n) is 16.7. The van der Waals surface area contributed by atoms with Gasteiger partial charge in [0.1, 0.15) is 35.9 Å². The first-order valence-corrected chi connectivity index (χ1v) is 17.1. The number of benzene rings is 2. The number of hydrogen-bond acceptors (Lipinski definition) is 10. The van der Waals surface area contributed by atoms with E-state index in [0.717, 1.165) is 35.2 Å². The van der Waals surface area contributed by atoms with Crippen molar-refractivity contribution in [3.63, 3.8) is 0 Å². The third-order valence-electron chi connectivity index (χ3n) is 7.50. The van der Waals surface area contributed by atoms with Gasteiger partial charge in [0, 0.05) is 34.4 Å². The smallest absolute Gasteiger partial charge is 0.255 e. The first-order chi connectivity index (χ1) is 24.4. The number of hydrogen-bond donors (Lipinski definition) is 5. The Morgan fingerprint density at radius 1 is 0.961 bits per heavy atom.